The van der Waals surface area contributed by atoms with E-state index in [2.05, 4.69) is 37.9 Å². The van der Waals surface area contributed by atoms with Crippen molar-refractivity contribution < 1.29 is 4.74 Å². The maximum absolute atomic E-state index is 5.41. The van der Waals surface area contributed by atoms with Crippen LogP contribution in [0.15, 0.2) is 0 Å². The number of hydrogen-bond donors (Lipinski definition) is 1. The maximum atomic E-state index is 5.41. The van der Waals surface area contributed by atoms with Crippen LogP contribution in [-0.2, 0) is 4.74 Å². The van der Waals surface area contributed by atoms with Gasteiger partial charge in [0.1, 0.15) is 0 Å². The van der Waals surface area contributed by atoms with Gasteiger partial charge in [0.15, 0.2) is 0 Å². The molecule has 0 spiro atoms. The average Bonchev–Trinajstić information content (AvgIpc) is 2.38. The summed E-state index contributed by atoms with van der Waals surface area (Å²) in [6.07, 6.45) is 4.93. The molecule has 3 heteroatoms. The average molecular weight is 258 g/mol. The van der Waals surface area contributed by atoms with Crippen molar-refractivity contribution in [1.82, 2.24) is 10.2 Å². The van der Waals surface area contributed by atoms with E-state index in [1.54, 1.807) is 7.11 Å². The van der Waals surface area contributed by atoms with Gasteiger partial charge in [-0.3, -0.25) is 4.90 Å². The van der Waals surface area contributed by atoms with E-state index >= 15 is 0 Å². The third-order valence-corrected chi connectivity index (χ3v) is 3.56. The first kappa shape index (κ1) is 17.9. The fraction of sp³-hybridized carbons (Fsp3) is 1.00. The van der Waals surface area contributed by atoms with Crippen LogP contribution in [0.5, 0.6) is 0 Å². The highest BCUT2D eigenvalue weighted by Crippen LogP contribution is 2.11. The van der Waals surface area contributed by atoms with E-state index < -0.39 is 0 Å². The molecule has 0 aliphatic rings. The van der Waals surface area contributed by atoms with Gasteiger partial charge in [0, 0.05) is 25.7 Å². The molecule has 0 saturated heterocycles. The van der Waals surface area contributed by atoms with Crippen molar-refractivity contribution in [2.75, 3.05) is 33.4 Å². The fourth-order valence-electron chi connectivity index (χ4n) is 2.25. The Kier molecular flexibility index (Phi) is 11.9. The summed E-state index contributed by atoms with van der Waals surface area (Å²) in [5.41, 5.74) is 0. The molecule has 110 valence electrons. The van der Waals surface area contributed by atoms with Gasteiger partial charge >= 0.3 is 0 Å². The number of unbranched alkanes of at least 4 members (excludes halogenated alkanes) is 1. The summed E-state index contributed by atoms with van der Waals surface area (Å²) in [5, 5.41) is 3.53. The van der Waals surface area contributed by atoms with E-state index in [-0.39, 0.29) is 0 Å². The standard InChI is InChI=1S/C15H34N2O/c1-6-9-11-17(14(4)8-3)15(13-18-5)12-16-10-7-2/h14-16H,6-13H2,1-5H3. The topological polar surface area (TPSA) is 24.5 Å². The maximum Gasteiger partial charge on any atom is 0.0630 e. The molecule has 0 aliphatic heterocycles. The van der Waals surface area contributed by atoms with Crippen LogP contribution in [0.25, 0.3) is 0 Å². The Labute approximate surface area is 114 Å². The van der Waals surface area contributed by atoms with Gasteiger partial charge in [-0.25, -0.2) is 0 Å². The third-order valence-electron chi connectivity index (χ3n) is 3.56. The minimum atomic E-state index is 0.503. The van der Waals surface area contributed by atoms with E-state index in [1.165, 1.54) is 32.2 Å². The smallest absolute Gasteiger partial charge is 0.0630 e. The zero-order chi connectivity index (χ0) is 13.8. The molecule has 0 rings (SSSR count). The highest BCUT2D eigenvalue weighted by atomic mass is 16.5. The van der Waals surface area contributed by atoms with Crippen LogP contribution >= 0.6 is 0 Å². The SMILES string of the molecule is CCCCN(C(C)CC)C(CNCCC)COC. The molecule has 0 aromatic rings. The van der Waals surface area contributed by atoms with Crippen LogP contribution in [0.3, 0.4) is 0 Å². The Bertz CT molecular complexity index is 176. The molecule has 0 amide bonds. The van der Waals surface area contributed by atoms with Gasteiger partial charge in [0.05, 0.1) is 6.61 Å². The lowest BCUT2D eigenvalue weighted by Crippen LogP contribution is -2.49. The molecule has 0 saturated carbocycles. The van der Waals surface area contributed by atoms with Crippen LogP contribution in [0.1, 0.15) is 53.4 Å². The second-order valence-corrected chi connectivity index (χ2v) is 5.16. The Balaban J connectivity index is 4.40. The van der Waals surface area contributed by atoms with E-state index in [9.17, 15) is 0 Å². The van der Waals surface area contributed by atoms with E-state index in [0.717, 1.165) is 19.7 Å². The van der Waals surface area contributed by atoms with Gasteiger partial charge in [-0.05, 0) is 39.3 Å². The lowest BCUT2D eigenvalue weighted by molar-refractivity contribution is 0.0623. The highest BCUT2D eigenvalue weighted by molar-refractivity contribution is 4.78. The monoisotopic (exact) mass is 258 g/mol. The largest absolute Gasteiger partial charge is 0.383 e. The number of nitrogens with zero attached hydrogens (tertiary/aromatic N) is 1. The van der Waals surface area contributed by atoms with Gasteiger partial charge < -0.3 is 10.1 Å². The molecular formula is C15H34N2O. The van der Waals surface area contributed by atoms with Crippen LogP contribution in [0, 0.1) is 0 Å². The van der Waals surface area contributed by atoms with Crippen molar-refractivity contribution in [3.63, 3.8) is 0 Å². The van der Waals surface area contributed by atoms with Crippen molar-refractivity contribution in [3.05, 3.63) is 0 Å². The lowest BCUT2D eigenvalue weighted by atomic mass is 10.1. The van der Waals surface area contributed by atoms with Crippen LogP contribution in [-0.4, -0.2) is 50.3 Å². The molecule has 0 aromatic heterocycles. The molecule has 0 fully saturated rings. The fourth-order valence-corrected chi connectivity index (χ4v) is 2.25. The zero-order valence-electron chi connectivity index (χ0n) is 13.2. The van der Waals surface area contributed by atoms with Gasteiger partial charge in [-0.2, -0.15) is 0 Å². The molecule has 0 bridgehead atoms. The minimum Gasteiger partial charge on any atom is -0.383 e. The third kappa shape index (κ3) is 7.34. The second kappa shape index (κ2) is 11.9. The first-order valence-electron chi connectivity index (χ1n) is 7.66. The summed E-state index contributed by atoms with van der Waals surface area (Å²) in [6.45, 7) is 13.2. The predicted molar refractivity (Wildman–Crippen MR) is 80.2 cm³/mol. The van der Waals surface area contributed by atoms with Crippen LogP contribution in [0.4, 0.5) is 0 Å². The summed E-state index contributed by atoms with van der Waals surface area (Å²) < 4.78 is 5.41. The number of hydrogen-bond acceptors (Lipinski definition) is 3. The predicted octanol–water partition coefficient (Wildman–Crippen LogP) is 2.90. The first-order chi connectivity index (χ1) is 8.71. The quantitative estimate of drug-likeness (QED) is 0.545. The first-order valence-corrected chi connectivity index (χ1v) is 7.66. The Morgan fingerprint density at radius 1 is 1.17 bits per heavy atom. The number of rotatable bonds is 12. The molecular weight excluding hydrogens is 224 g/mol. The zero-order valence-corrected chi connectivity index (χ0v) is 13.2. The Morgan fingerprint density at radius 2 is 1.89 bits per heavy atom. The molecule has 0 aliphatic carbocycles. The summed E-state index contributed by atoms with van der Waals surface area (Å²) in [6, 6.07) is 1.14. The summed E-state index contributed by atoms with van der Waals surface area (Å²) in [4.78, 5) is 2.62. The van der Waals surface area contributed by atoms with Crippen molar-refractivity contribution in [1.29, 1.82) is 0 Å². The van der Waals surface area contributed by atoms with Crippen molar-refractivity contribution in [3.8, 4) is 0 Å². The molecule has 0 radical (unpaired) electrons. The van der Waals surface area contributed by atoms with Gasteiger partial charge in [-0.1, -0.05) is 27.2 Å². The minimum absolute atomic E-state index is 0.503. The molecule has 0 heterocycles. The molecule has 3 nitrogen and oxygen atoms in total. The summed E-state index contributed by atoms with van der Waals surface area (Å²) >= 11 is 0. The number of ether oxygens (including phenoxy) is 1. The highest BCUT2D eigenvalue weighted by Gasteiger charge is 2.21. The second-order valence-electron chi connectivity index (χ2n) is 5.16. The molecule has 2 unspecified atom stereocenters. The molecule has 18 heavy (non-hydrogen) atoms. The van der Waals surface area contributed by atoms with E-state index in [0.29, 0.717) is 12.1 Å². The number of nitrogens with one attached hydrogen (secondary N) is 1. The van der Waals surface area contributed by atoms with Crippen molar-refractivity contribution in [2.45, 2.75) is 65.5 Å². The van der Waals surface area contributed by atoms with Gasteiger partial charge in [0.2, 0.25) is 0 Å². The lowest BCUT2D eigenvalue weighted by Gasteiger charge is -2.36. The summed E-state index contributed by atoms with van der Waals surface area (Å²) in [7, 11) is 1.81. The number of methoxy groups -OCH3 is 1. The van der Waals surface area contributed by atoms with Crippen LogP contribution < -0.4 is 5.32 Å². The van der Waals surface area contributed by atoms with Gasteiger partial charge in [-0.15, -0.1) is 0 Å². The van der Waals surface area contributed by atoms with Crippen molar-refractivity contribution >= 4 is 0 Å². The van der Waals surface area contributed by atoms with E-state index in [4.69, 9.17) is 4.74 Å². The van der Waals surface area contributed by atoms with Crippen LogP contribution in [0.2, 0.25) is 0 Å². The Hall–Kier alpha value is -0.120. The normalized spacial score (nSPS) is 15.0. The van der Waals surface area contributed by atoms with Crippen molar-refractivity contribution in [2.24, 2.45) is 0 Å². The molecule has 2 atom stereocenters. The van der Waals surface area contributed by atoms with Gasteiger partial charge in [0.25, 0.3) is 0 Å². The molecule has 1 N–H and O–H groups in total. The molecule has 0 aromatic carbocycles. The summed E-state index contributed by atoms with van der Waals surface area (Å²) in [5.74, 6) is 0. The Morgan fingerprint density at radius 3 is 2.39 bits per heavy atom. The van der Waals surface area contributed by atoms with E-state index in [1.807, 2.05) is 0 Å².